The zero-order valence-corrected chi connectivity index (χ0v) is 19.9. The highest BCUT2D eigenvalue weighted by atomic mass is 32.2. The van der Waals surface area contributed by atoms with Gasteiger partial charge in [0, 0.05) is 24.0 Å². The first-order chi connectivity index (χ1) is 16.0. The highest BCUT2D eigenvalue weighted by Crippen LogP contribution is 2.40. The fourth-order valence-corrected chi connectivity index (χ4v) is 4.38. The number of carbonyl (C=O) groups is 1. The zero-order valence-electron chi connectivity index (χ0n) is 19.0. The van der Waals surface area contributed by atoms with Gasteiger partial charge < -0.3 is 10.1 Å². The normalized spacial score (nSPS) is 16.9. The Morgan fingerprint density at radius 1 is 1.26 bits per heavy atom. The van der Waals surface area contributed by atoms with E-state index in [1.54, 1.807) is 31.2 Å². The summed E-state index contributed by atoms with van der Waals surface area (Å²) in [6.45, 7) is 2.48. The Labute approximate surface area is 196 Å². The van der Waals surface area contributed by atoms with Gasteiger partial charge >= 0.3 is 6.18 Å². The van der Waals surface area contributed by atoms with E-state index in [9.17, 15) is 26.4 Å². The summed E-state index contributed by atoms with van der Waals surface area (Å²) in [4.78, 5) is 17.3. The molecule has 2 N–H and O–H groups in total. The number of alkyl halides is 3. The third-order valence-electron chi connectivity index (χ3n) is 5.56. The molecule has 34 heavy (non-hydrogen) atoms. The zero-order chi connectivity index (χ0) is 24.9. The number of pyridine rings is 1. The predicted octanol–water partition coefficient (Wildman–Crippen LogP) is 4.05. The standard InChI is InChI=1S/C23H28F3N3O4S/c1-3-33-22-19(21(30)27-12-5-13-28-34(2,31)32)14-16-6-4-7-18(20(16)29-22)15-8-10-17(11-9-15)23(24,25)26/h4,6-8,14,17,28H,3,5,9-13H2,1-2H3,(H,27,30). The minimum absolute atomic E-state index is 0.0265. The molecular formula is C23H28F3N3O4S. The Kier molecular flexibility index (Phi) is 8.19. The summed E-state index contributed by atoms with van der Waals surface area (Å²) in [5.41, 5.74) is 2.34. The van der Waals surface area contributed by atoms with E-state index in [-0.39, 0.29) is 44.0 Å². The van der Waals surface area contributed by atoms with Gasteiger partial charge in [-0.25, -0.2) is 18.1 Å². The summed E-state index contributed by atoms with van der Waals surface area (Å²) in [5, 5.41) is 3.40. The van der Waals surface area contributed by atoms with Gasteiger partial charge in [-0.1, -0.05) is 24.3 Å². The van der Waals surface area contributed by atoms with Crippen molar-refractivity contribution in [3.63, 3.8) is 0 Å². The number of fused-ring (bicyclic) bond motifs is 1. The van der Waals surface area contributed by atoms with E-state index >= 15 is 0 Å². The molecule has 3 rings (SSSR count). The van der Waals surface area contributed by atoms with Crippen molar-refractivity contribution in [2.45, 2.75) is 38.8 Å². The van der Waals surface area contributed by atoms with Gasteiger partial charge in [-0.05, 0) is 44.2 Å². The second-order valence-electron chi connectivity index (χ2n) is 8.17. The van der Waals surface area contributed by atoms with E-state index in [0.29, 0.717) is 23.7 Å². The van der Waals surface area contributed by atoms with Crippen LogP contribution in [0.1, 0.15) is 48.5 Å². The van der Waals surface area contributed by atoms with E-state index in [1.165, 1.54) is 0 Å². The van der Waals surface area contributed by atoms with Gasteiger partial charge in [0.2, 0.25) is 15.9 Å². The Morgan fingerprint density at radius 3 is 2.65 bits per heavy atom. The van der Waals surface area contributed by atoms with Crippen molar-refractivity contribution < 1.29 is 31.1 Å². The van der Waals surface area contributed by atoms with Gasteiger partial charge in [0.15, 0.2) is 0 Å². The van der Waals surface area contributed by atoms with Gasteiger partial charge in [0.05, 0.1) is 24.3 Å². The van der Waals surface area contributed by atoms with Crippen LogP contribution in [0.25, 0.3) is 16.5 Å². The molecule has 0 radical (unpaired) electrons. The molecule has 1 unspecified atom stereocenters. The van der Waals surface area contributed by atoms with Gasteiger partial charge in [0.25, 0.3) is 5.91 Å². The molecule has 0 fully saturated rings. The number of benzene rings is 1. The number of hydrogen-bond acceptors (Lipinski definition) is 5. The number of hydrogen-bond donors (Lipinski definition) is 2. The number of nitrogens with one attached hydrogen (secondary N) is 2. The highest BCUT2D eigenvalue weighted by Gasteiger charge is 2.39. The summed E-state index contributed by atoms with van der Waals surface area (Å²) < 4.78 is 69.3. The molecule has 1 aliphatic rings. The topological polar surface area (TPSA) is 97.4 Å². The van der Waals surface area contributed by atoms with E-state index in [4.69, 9.17) is 4.74 Å². The second-order valence-corrected chi connectivity index (χ2v) is 10.0. The summed E-state index contributed by atoms with van der Waals surface area (Å²) in [6, 6.07) is 7.05. The molecule has 1 amide bonds. The van der Waals surface area contributed by atoms with Crippen LogP contribution in [0.2, 0.25) is 0 Å². The van der Waals surface area contributed by atoms with Crippen molar-refractivity contribution in [2.24, 2.45) is 5.92 Å². The van der Waals surface area contributed by atoms with Gasteiger partial charge in [0.1, 0.15) is 5.56 Å². The van der Waals surface area contributed by atoms with E-state index < -0.39 is 28.0 Å². The molecule has 2 aromatic rings. The van der Waals surface area contributed by atoms with E-state index in [0.717, 1.165) is 17.4 Å². The lowest BCUT2D eigenvalue weighted by molar-refractivity contribution is -0.175. The van der Waals surface area contributed by atoms with Crippen LogP contribution in [-0.2, 0) is 10.0 Å². The number of allylic oxidation sites excluding steroid dienone is 2. The van der Waals surface area contributed by atoms with Crippen LogP contribution in [0.3, 0.4) is 0 Å². The van der Waals surface area contributed by atoms with E-state index in [2.05, 4.69) is 15.0 Å². The predicted molar refractivity (Wildman–Crippen MR) is 124 cm³/mol. The monoisotopic (exact) mass is 499 g/mol. The lowest BCUT2D eigenvalue weighted by Gasteiger charge is -2.24. The first-order valence-corrected chi connectivity index (χ1v) is 12.9. The Morgan fingerprint density at radius 2 is 2.03 bits per heavy atom. The average Bonchev–Trinajstić information content (AvgIpc) is 2.77. The molecule has 1 aromatic heterocycles. The summed E-state index contributed by atoms with van der Waals surface area (Å²) in [6.07, 6.45) is -0.860. The third-order valence-corrected chi connectivity index (χ3v) is 6.29. The molecule has 0 aliphatic heterocycles. The molecule has 7 nitrogen and oxygen atoms in total. The minimum Gasteiger partial charge on any atom is -0.477 e. The Bertz CT molecular complexity index is 1180. The van der Waals surface area contributed by atoms with Gasteiger partial charge in [-0.3, -0.25) is 4.79 Å². The largest absolute Gasteiger partial charge is 0.477 e. The smallest absolute Gasteiger partial charge is 0.392 e. The van der Waals surface area contributed by atoms with Crippen LogP contribution in [0.4, 0.5) is 13.2 Å². The Balaban J connectivity index is 1.83. The molecule has 0 bridgehead atoms. The second kappa shape index (κ2) is 10.7. The van der Waals surface area contributed by atoms with Crippen molar-refractivity contribution in [2.75, 3.05) is 26.0 Å². The first-order valence-electron chi connectivity index (χ1n) is 11.0. The molecular weight excluding hydrogens is 471 g/mol. The summed E-state index contributed by atoms with van der Waals surface area (Å²) in [7, 11) is -3.29. The number of halogens is 3. The van der Waals surface area contributed by atoms with Crippen molar-refractivity contribution in [1.29, 1.82) is 0 Å². The van der Waals surface area contributed by atoms with Crippen molar-refractivity contribution in [3.05, 3.63) is 41.5 Å². The van der Waals surface area contributed by atoms with Crippen molar-refractivity contribution in [3.8, 4) is 5.88 Å². The maximum atomic E-state index is 13.0. The molecule has 1 aliphatic carbocycles. The summed E-state index contributed by atoms with van der Waals surface area (Å²) in [5.74, 6) is -1.60. The third kappa shape index (κ3) is 6.69. The quantitative estimate of drug-likeness (QED) is 0.508. The Hall–Kier alpha value is -2.66. The maximum absolute atomic E-state index is 13.0. The lowest BCUT2D eigenvalue weighted by Crippen LogP contribution is -2.29. The number of amides is 1. The SMILES string of the molecule is CCOc1nc2c(C3=CCC(C(F)(F)F)CC3)cccc2cc1C(=O)NCCCNS(C)(=O)=O. The van der Waals surface area contributed by atoms with Crippen LogP contribution in [0.5, 0.6) is 5.88 Å². The van der Waals surface area contributed by atoms with Crippen LogP contribution in [-0.4, -0.2) is 51.4 Å². The van der Waals surface area contributed by atoms with Gasteiger partial charge in [-0.15, -0.1) is 0 Å². The fraction of sp³-hybridized carbons (Fsp3) is 0.478. The van der Waals surface area contributed by atoms with Crippen molar-refractivity contribution in [1.82, 2.24) is 15.0 Å². The first kappa shape index (κ1) is 26.0. The number of ether oxygens (including phenoxy) is 1. The molecule has 0 spiro atoms. The van der Waals surface area contributed by atoms with E-state index in [1.807, 2.05) is 6.07 Å². The minimum atomic E-state index is -4.20. The number of carbonyl (C=O) groups excluding carboxylic acids is 1. The number of para-hydroxylation sites is 1. The van der Waals surface area contributed by atoms with Gasteiger partial charge in [-0.2, -0.15) is 13.2 Å². The number of rotatable bonds is 9. The van der Waals surface area contributed by atoms with Crippen LogP contribution in [0, 0.1) is 5.92 Å². The molecule has 186 valence electrons. The highest BCUT2D eigenvalue weighted by molar-refractivity contribution is 7.88. The number of aromatic nitrogens is 1. The molecule has 0 saturated carbocycles. The van der Waals surface area contributed by atoms with Crippen molar-refractivity contribution >= 4 is 32.4 Å². The van der Waals surface area contributed by atoms with Crippen LogP contribution in [0.15, 0.2) is 30.3 Å². The fourth-order valence-electron chi connectivity index (χ4n) is 3.87. The van der Waals surface area contributed by atoms with Crippen LogP contribution >= 0.6 is 0 Å². The maximum Gasteiger partial charge on any atom is 0.392 e. The number of nitrogens with zero attached hydrogens (tertiary/aromatic N) is 1. The van der Waals surface area contributed by atoms with Crippen LogP contribution < -0.4 is 14.8 Å². The summed E-state index contributed by atoms with van der Waals surface area (Å²) >= 11 is 0. The average molecular weight is 500 g/mol. The molecule has 0 saturated heterocycles. The molecule has 11 heteroatoms. The number of sulfonamides is 1. The molecule has 1 atom stereocenters. The lowest BCUT2D eigenvalue weighted by atomic mass is 9.85. The molecule has 1 aromatic carbocycles. The molecule has 1 heterocycles.